The van der Waals surface area contributed by atoms with Crippen LogP contribution in [-0.4, -0.2) is 29.7 Å². The van der Waals surface area contributed by atoms with Gasteiger partial charge in [0.05, 0.1) is 6.04 Å². The first-order valence-electron chi connectivity index (χ1n) is 8.52. The predicted octanol–water partition coefficient (Wildman–Crippen LogP) is 4.54. The number of halogens is 2. The molecule has 1 aliphatic rings. The van der Waals surface area contributed by atoms with Gasteiger partial charge in [0.15, 0.2) is 0 Å². The van der Waals surface area contributed by atoms with Crippen molar-refractivity contribution in [1.29, 1.82) is 0 Å². The molecule has 0 aromatic heterocycles. The third-order valence-corrected chi connectivity index (χ3v) is 5.00. The summed E-state index contributed by atoms with van der Waals surface area (Å²) in [6, 6.07) is 10.7. The van der Waals surface area contributed by atoms with E-state index in [4.69, 9.17) is 23.2 Å². The van der Waals surface area contributed by atoms with E-state index in [0.29, 0.717) is 27.8 Å². The minimum atomic E-state index is -1.01. The zero-order valence-corrected chi connectivity index (χ0v) is 16.1. The molecule has 1 heterocycles. The lowest BCUT2D eigenvalue weighted by molar-refractivity contribution is -0.138. The minimum Gasteiger partial charge on any atom is -0.480 e. The molecular weight excluding hydrogens is 389 g/mol. The molecule has 0 radical (unpaired) electrons. The Labute approximate surface area is 167 Å². The summed E-state index contributed by atoms with van der Waals surface area (Å²) in [5, 5.41) is 16.1. The number of hydrogen-bond acceptors (Lipinski definition) is 3. The Hall–Kier alpha value is -2.44. The number of fused-ring (bicyclic) bond motifs is 1. The van der Waals surface area contributed by atoms with Crippen molar-refractivity contribution in [2.45, 2.75) is 25.4 Å². The van der Waals surface area contributed by atoms with Gasteiger partial charge in [0, 0.05) is 39.9 Å². The maximum atomic E-state index is 12.9. The maximum Gasteiger partial charge on any atom is 0.326 e. The second-order valence-corrected chi connectivity index (χ2v) is 7.05. The molecule has 3 N–H and O–H groups in total. The summed E-state index contributed by atoms with van der Waals surface area (Å²) in [6.07, 6.45) is 0.168. The van der Waals surface area contributed by atoms with Crippen LogP contribution in [0.4, 0.5) is 16.2 Å². The molecule has 2 aromatic rings. The van der Waals surface area contributed by atoms with Gasteiger partial charge in [0.25, 0.3) is 0 Å². The van der Waals surface area contributed by atoms with Crippen LogP contribution in [0.15, 0.2) is 42.5 Å². The van der Waals surface area contributed by atoms with E-state index in [1.807, 2.05) is 37.3 Å². The average molecular weight is 408 g/mol. The Morgan fingerprint density at radius 3 is 2.59 bits per heavy atom. The second kappa shape index (κ2) is 8.06. The number of nitrogens with one attached hydrogen (secondary N) is 2. The molecule has 0 aliphatic carbocycles. The molecular formula is C19H19Cl2N3O3. The summed E-state index contributed by atoms with van der Waals surface area (Å²) < 4.78 is 0. The summed E-state index contributed by atoms with van der Waals surface area (Å²) in [4.78, 5) is 26.0. The molecule has 0 saturated heterocycles. The molecule has 142 valence electrons. The van der Waals surface area contributed by atoms with E-state index >= 15 is 0 Å². The lowest BCUT2D eigenvalue weighted by atomic mass is 9.93. The van der Waals surface area contributed by atoms with Crippen molar-refractivity contribution in [2.24, 2.45) is 0 Å². The van der Waals surface area contributed by atoms with Crippen molar-refractivity contribution in [3.8, 4) is 0 Å². The number of aliphatic carboxylic acids is 1. The molecule has 0 bridgehead atoms. The summed E-state index contributed by atoms with van der Waals surface area (Å²) in [5.74, 6) is -1.01. The first kappa shape index (κ1) is 19.3. The summed E-state index contributed by atoms with van der Waals surface area (Å²) >= 11 is 12.4. The smallest absolute Gasteiger partial charge is 0.326 e. The van der Waals surface area contributed by atoms with Crippen LogP contribution >= 0.6 is 23.2 Å². The molecule has 2 aromatic carbocycles. The van der Waals surface area contributed by atoms with Crippen LogP contribution in [0.1, 0.15) is 24.9 Å². The zero-order chi connectivity index (χ0) is 19.6. The van der Waals surface area contributed by atoms with E-state index < -0.39 is 18.1 Å². The highest BCUT2D eigenvalue weighted by Crippen LogP contribution is 2.40. The molecule has 2 amide bonds. The number of amides is 2. The van der Waals surface area contributed by atoms with Gasteiger partial charge in [-0.15, -0.1) is 0 Å². The first-order chi connectivity index (χ1) is 12.9. The molecule has 0 unspecified atom stereocenters. The van der Waals surface area contributed by atoms with Crippen molar-refractivity contribution in [3.63, 3.8) is 0 Å². The SMILES string of the molecule is CCN(C(=O)N[C@@H]1C[C@@H](C(=O)O)Nc2cc(Cl)cc(Cl)c21)c1ccccc1. The van der Waals surface area contributed by atoms with E-state index in [-0.39, 0.29) is 12.5 Å². The highest BCUT2D eigenvalue weighted by atomic mass is 35.5. The van der Waals surface area contributed by atoms with Gasteiger partial charge in [-0.2, -0.15) is 0 Å². The van der Waals surface area contributed by atoms with Crippen LogP contribution in [0.2, 0.25) is 10.0 Å². The lowest BCUT2D eigenvalue weighted by Crippen LogP contribution is -2.46. The largest absolute Gasteiger partial charge is 0.480 e. The van der Waals surface area contributed by atoms with E-state index in [1.165, 1.54) is 0 Å². The molecule has 1 aliphatic heterocycles. The highest BCUT2D eigenvalue weighted by molar-refractivity contribution is 6.35. The van der Waals surface area contributed by atoms with Gasteiger partial charge in [-0.3, -0.25) is 4.90 Å². The Morgan fingerprint density at radius 2 is 1.96 bits per heavy atom. The third-order valence-electron chi connectivity index (χ3n) is 4.47. The van der Waals surface area contributed by atoms with Gasteiger partial charge in [-0.05, 0) is 31.2 Å². The Balaban J connectivity index is 1.91. The van der Waals surface area contributed by atoms with Gasteiger partial charge in [-0.1, -0.05) is 41.4 Å². The molecule has 6 nitrogen and oxygen atoms in total. The maximum absolute atomic E-state index is 12.9. The van der Waals surface area contributed by atoms with Gasteiger partial charge in [0.1, 0.15) is 6.04 Å². The number of carboxylic acid groups (broad SMARTS) is 1. The van der Waals surface area contributed by atoms with E-state index in [1.54, 1.807) is 17.0 Å². The van der Waals surface area contributed by atoms with Crippen molar-refractivity contribution in [1.82, 2.24) is 5.32 Å². The quantitative estimate of drug-likeness (QED) is 0.694. The van der Waals surface area contributed by atoms with Gasteiger partial charge in [-0.25, -0.2) is 9.59 Å². The number of anilines is 2. The number of benzene rings is 2. The van der Waals surface area contributed by atoms with Gasteiger partial charge in [0.2, 0.25) is 0 Å². The molecule has 8 heteroatoms. The van der Waals surface area contributed by atoms with Gasteiger partial charge < -0.3 is 15.7 Å². The van der Waals surface area contributed by atoms with Crippen LogP contribution in [0, 0.1) is 0 Å². The molecule has 0 spiro atoms. The van der Waals surface area contributed by atoms with Crippen LogP contribution < -0.4 is 15.5 Å². The normalized spacial score (nSPS) is 18.2. The Kier molecular flexibility index (Phi) is 5.77. The zero-order valence-electron chi connectivity index (χ0n) is 14.6. The third kappa shape index (κ3) is 4.12. The number of hydrogen-bond donors (Lipinski definition) is 3. The van der Waals surface area contributed by atoms with E-state index in [0.717, 1.165) is 5.69 Å². The number of carbonyl (C=O) groups excluding carboxylic acids is 1. The number of nitrogens with zero attached hydrogens (tertiary/aromatic N) is 1. The predicted molar refractivity (Wildman–Crippen MR) is 107 cm³/mol. The number of urea groups is 1. The summed E-state index contributed by atoms with van der Waals surface area (Å²) in [5.41, 5.74) is 1.90. The number of rotatable bonds is 4. The van der Waals surface area contributed by atoms with Crippen LogP contribution in [0.25, 0.3) is 0 Å². The summed E-state index contributed by atoms with van der Waals surface area (Å²) in [6.45, 7) is 2.33. The van der Waals surface area contributed by atoms with Crippen molar-refractivity contribution in [2.75, 3.05) is 16.8 Å². The van der Waals surface area contributed by atoms with Crippen molar-refractivity contribution >= 4 is 46.6 Å². The molecule has 2 atom stereocenters. The van der Waals surface area contributed by atoms with Crippen LogP contribution in [0.5, 0.6) is 0 Å². The fourth-order valence-corrected chi connectivity index (χ4v) is 3.86. The van der Waals surface area contributed by atoms with Gasteiger partial charge >= 0.3 is 12.0 Å². The number of carbonyl (C=O) groups is 2. The van der Waals surface area contributed by atoms with Crippen molar-refractivity contribution in [3.05, 3.63) is 58.1 Å². The van der Waals surface area contributed by atoms with Crippen LogP contribution in [0.3, 0.4) is 0 Å². The lowest BCUT2D eigenvalue weighted by Gasteiger charge is -2.34. The highest BCUT2D eigenvalue weighted by Gasteiger charge is 2.34. The molecule has 0 fully saturated rings. The molecule has 3 rings (SSSR count). The van der Waals surface area contributed by atoms with Crippen molar-refractivity contribution < 1.29 is 14.7 Å². The van der Waals surface area contributed by atoms with E-state index in [2.05, 4.69) is 10.6 Å². The Bertz CT molecular complexity index is 861. The monoisotopic (exact) mass is 407 g/mol. The van der Waals surface area contributed by atoms with Crippen LogP contribution in [-0.2, 0) is 4.79 Å². The topological polar surface area (TPSA) is 81.7 Å². The Morgan fingerprint density at radius 1 is 1.26 bits per heavy atom. The first-order valence-corrected chi connectivity index (χ1v) is 9.27. The fraction of sp³-hybridized carbons (Fsp3) is 0.263. The standard InChI is InChI=1S/C19H19Cl2N3O3/c1-2-24(12-6-4-3-5-7-12)19(27)23-15-10-16(18(25)26)22-14-9-11(20)8-13(21)17(14)15/h3-9,15-16,22H,2,10H2,1H3,(H,23,27)(H,25,26)/t15-,16+/m1/s1. The molecule has 27 heavy (non-hydrogen) atoms. The fourth-order valence-electron chi connectivity index (χ4n) is 3.23. The number of carboxylic acids is 1. The summed E-state index contributed by atoms with van der Waals surface area (Å²) in [7, 11) is 0. The molecule has 0 saturated carbocycles. The van der Waals surface area contributed by atoms with E-state index in [9.17, 15) is 14.7 Å². The average Bonchev–Trinajstić information content (AvgIpc) is 2.62. The minimum absolute atomic E-state index is 0.168. The number of para-hydroxylation sites is 1. The second-order valence-electron chi connectivity index (χ2n) is 6.20.